The monoisotopic (exact) mass is 542 g/mol. The van der Waals surface area contributed by atoms with Crippen molar-refractivity contribution in [2.45, 2.75) is 69.7 Å². The van der Waals surface area contributed by atoms with Gasteiger partial charge in [0.15, 0.2) is 0 Å². The Kier molecular flexibility index (Phi) is 8.89. The second-order valence-electron chi connectivity index (χ2n) is 9.29. The van der Waals surface area contributed by atoms with Gasteiger partial charge in [0.2, 0.25) is 0 Å². The minimum absolute atomic E-state index is 0.305. The molecular formula is C27H33F3O4S2. The summed E-state index contributed by atoms with van der Waals surface area (Å²) in [5.74, 6) is 0.977. The highest BCUT2D eigenvalue weighted by Crippen LogP contribution is 2.41. The summed E-state index contributed by atoms with van der Waals surface area (Å²) in [6.07, 6.45) is 7.59. The number of aryl methyl sites for hydroxylation is 2. The van der Waals surface area contributed by atoms with Gasteiger partial charge < -0.3 is 9.29 Å². The quantitative estimate of drug-likeness (QED) is 0.284. The molecule has 1 fully saturated rings. The fraction of sp³-hybridized carbons (Fsp3) is 0.481. The highest BCUT2D eigenvalue weighted by Gasteiger charge is 2.48. The normalized spacial score (nSPS) is 19.6. The van der Waals surface area contributed by atoms with Crippen LogP contribution in [-0.4, -0.2) is 30.2 Å². The summed E-state index contributed by atoms with van der Waals surface area (Å²) in [5.41, 5.74) is -1.70. The molecule has 0 aromatic heterocycles. The van der Waals surface area contributed by atoms with Crippen LogP contribution in [0.4, 0.5) is 13.2 Å². The van der Waals surface area contributed by atoms with Gasteiger partial charge in [0.25, 0.3) is 0 Å². The van der Waals surface area contributed by atoms with Gasteiger partial charge in [-0.2, -0.15) is 21.6 Å². The SMILES string of the molecule is CCC(CC)(c1ccc(/C=C/C2CCSC(O)C2)c(C)c1)c1ccc(OS(=O)(=O)C(F)(F)F)c(C)c1. The van der Waals surface area contributed by atoms with E-state index >= 15 is 0 Å². The highest BCUT2D eigenvalue weighted by atomic mass is 32.2. The van der Waals surface area contributed by atoms with Crippen LogP contribution in [0.5, 0.6) is 5.75 Å². The third-order valence-electron chi connectivity index (χ3n) is 7.09. The van der Waals surface area contributed by atoms with Crippen LogP contribution in [0, 0.1) is 19.8 Å². The Balaban J connectivity index is 1.91. The Hall–Kier alpha value is -1.97. The summed E-state index contributed by atoms with van der Waals surface area (Å²) >= 11 is 1.59. The van der Waals surface area contributed by atoms with Gasteiger partial charge in [-0.25, -0.2) is 0 Å². The largest absolute Gasteiger partial charge is 0.534 e. The molecule has 1 aliphatic rings. The topological polar surface area (TPSA) is 63.6 Å². The molecule has 1 aliphatic heterocycles. The predicted octanol–water partition coefficient (Wildman–Crippen LogP) is 7.11. The average Bonchev–Trinajstić information content (AvgIpc) is 2.80. The molecule has 1 N–H and O–H groups in total. The maximum absolute atomic E-state index is 12.8. The van der Waals surface area contributed by atoms with Crippen molar-refractivity contribution in [1.29, 1.82) is 0 Å². The van der Waals surface area contributed by atoms with E-state index in [4.69, 9.17) is 0 Å². The van der Waals surface area contributed by atoms with Gasteiger partial charge in [0.1, 0.15) is 5.75 Å². The minimum Gasteiger partial charge on any atom is -0.382 e. The Bertz CT molecular complexity index is 1200. The number of aliphatic hydroxyl groups excluding tert-OH is 1. The van der Waals surface area contributed by atoms with E-state index in [1.54, 1.807) is 30.8 Å². The first kappa shape index (κ1) is 28.6. The van der Waals surface area contributed by atoms with E-state index in [-0.39, 0.29) is 11.2 Å². The van der Waals surface area contributed by atoms with Crippen molar-refractivity contribution >= 4 is 28.0 Å². The Morgan fingerprint density at radius 2 is 1.67 bits per heavy atom. The lowest BCUT2D eigenvalue weighted by Crippen LogP contribution is -2.29. The van der Waals surface area contributed by atoms with Crippen molar-refractivity contribution in [3.63, 3.8) is 0 Å². The minimum atomic E-state index is -5.73. The number of rotatable bonds is 8. The van der Waals surface area contributed by atoms with Crippen LogP contribution in [0.15, 0.2) is 42.5 Å². The molecule has 9 heteroatoms. The van der Waals surface area contributed by atoms with Crippen LogP contribution >= 0.6 is 11.8 Å². The number of halogens is 3. The highest BCUT2D eigenvalue weighted by molar-refractivity contribution is 7.99. The van der Waals surface area contributed by atoms with Gasteiger partial charge >= 0.3 is 15.6 Å². The summed E-state index contributed by atoms with van der Waals surface area (Å²) in [7, 11) is -5.73. The van der Waals surface area contributed by atoms with Crippen molar-refractivity contribution in [3.8, 4) is 5.75 Å². The molecular weight excluding hydrogens is 509 g/mol. The van der Waals surface area contributed by atoms with Crippen LogP contribution < -0.4 is 4.18 Å². The zero-order valence-electron chi connectivity index (χ0n) is 20.9. The summed E-state index contributed by atoms with van der Waals surface area (Å²) in [4.78, 5) is 0. The molecule has 0 radical (unpaired) electrons. The first-order valence-corrected chi connectivity index (χ1v) is 14.5. The fourth-order valence-corrected chi connectivity index (χ4v) is 6.43. The van der Waals surface area contributed by atoms with Gasteiger partial charge in [0, 0.05) is 5.41 Å². The van der Waals surface area contributed by atoms with Gasteiger partial charge in [-0.3, -0.25) is 0 Å². The number of thioether (sulfide) groups is 1. The maximum atomic E-state index is 12.8. The maximum Gasteiger partial charge on any atom is 0.534 e. The van der Waals surface area contributed by atoms with Gasteiger partial charge in [0.05, 0.1) is 5.44 Å². The molecule has 0 bridgehead atoms. The summed E-state index contributed by atoms with van der Waals surface area (Å²) in [6.45, 7) is 7.72. The van der Waals surface area contributed by atoms with E-state index in [2.05, 4.69) is 55.3 Å². The van der Waals surface area contributed by atoms with Gasteiger partial charge in [-0.05, 0) is 85.1 Å². The number of hydrogen-bond donors (Lipinski definition) is 1. The van der Waals surface area contributed by atoms with Crippen molar-refractivity contribution < 1.29 is 30.9 Å². The number of hydrogen-bond acceptors (Lipinski definition) is 5. The average molecular weight is 543 g/mol. The molecule has 0 saturated carbocycles. The third-order valence-corrected chi connectivity index (χ3v) is 9.11. The fourth-order valence-electron chi connectivity index (χ4n) is 4.81. The molecule has 2 unspecified atom stereocenters. The molecule has 0 aliphatic carbocycles. The Morgan fingerprint density at radius 3 is 2.19 bits per heavy atom. The molecule has 2 atom stereocenters. The van der Waals surface area contributed by atoms with E-state index < -0.39 is 21.0 Å². The zero-order valence-corrected chi connectivity index (χ0v) is 22.6. The van der Waals surface area contributed by atoms with Crippen LogP contribution in [0.1, 0.15) is 67.3 Å². The van der Waals surface area contributed by atoms with Crippen molar-refractivity contribution in [1.82, 2.24) is 0 Å². The van der Waals surface area contributed by atoms with Crippen LogP contribution in [0.25, 0.3) is 6.08 Å². The van der Waals surface area contributed by atoms with Crippen LogP contribution in [0.3, 0.4) is 0 Å². The van der Waals surface area contributed by atoms with E-state index in [0.29, 0.717) is 11.5 Å². The molecule has 2 aromatic carbocycles. The molecule has 1 saturated heterocycles. The van der Waals surface area contributed by atoms with Crippen molar-refractivity contribution in [2.75, 3.05) is 5.75 Å². The molecule has 4 nitrogen and oxygen atoms in total. The molecule has 36 heavy (non-hydrogen) atoms. The summed E-state index contributed by atoms with van der Waals surface area (Å²) in [6, 6.07) is 11.0. The zero-order chi connectivity index (χ0) is 26.7. The third kappa shape index (κ3) is 6.11. The Labute approximate surface area is 216 Å². The van der Waals surface area contributed by atoms with Crippen molar-refractivity contribution in [3.05, 3.63) is 70.3 Å². The smallest absolute Gasteiger partial charge is 0.382 e. The first-order valence-electron chi connectivity index (χ1n) is 12.0. The second kappa shape index (κ2) is 11.2. The molecule has 198 valence electrons. The Morgan fingerprint density at radius 1 is 1.06 bits per heavy atom. The lowest BCUT2D eigenvalue weighted by Gasteiger charge is -2.34. The molecule has 0 spiro atoms. The van der Waals surface area contributed by atoms with Crippen LogP contribution in [0.2, 0.25) is 0 Å². The molecule has 3 rings (SSSR count). The summed E-state index contributed by atoms with van der Waals surface area (Å²) in [5, 5.41) is 9.89. The van der Waals surface area contributed by atoms with E-state index in [1.807, 2.05) is 0 Å². The van der Waals surface area contributed by atoms with Gasteiger partial charge in [-0.1, -0.05) is 56.3 Å². The standard InChI is InChI=1S/C27H33F3O4S2/c1-5-26(6-2,23-11-12-24(19(4)16-23)34-36(32,33)27(28,29)30)22-10-9-21(18(3)15-22)8-7-20-13-14-35-25(31)17-20/h7-12,15-16,20,25,31H,5-6,13-14,17H2,1-4H3/b8-7+. The molecule has 0 amide bonds. The predicted molar refractivity (Wildman–Crippen MR) is 140 cm³/mol. The molecule has 2 aromatic rings. The number of allylic oxidation sites excluding steroid dienone is 1. The lowest BCUT2D eigenvalue weighted by atomic mass is 9.70. The molecule has 1 heterocycles. The van der Waals surface area contributed by atoms with Crippen molar-refractivity contribution in [2.24, 2.45) is 5.92 Å². The van der Waals surface area contributed by atoms with Gasteiger partial charge in [-0.15, -0.1) is 11.8 Å². The lowest BCUT2D eigenvalue weighted by molar-refractivity contribution is -0.0500. The van der Waals surface area contributed by atoms with E-state index in [1.165, 1.54) is 6.07 Å². The number of aliphatic hydroxyl groups is 1. The van der Waals surface area contributed by atoms with E-state index in [9.17, 15) is 26.7 Å². The first-order chi connectivity index (χ1) is 16.8. The summed E-state index contributed by atoms with van der Waals surface area (Å²) < 4.78 is 65.6. The number of alkyl halides is 3. The van der Waals surface area contributed by atoms with Crippen LogP contribution in [-0.2, 0) is 15.5 Å². The number of benzene rings is 2. The second-order valence-corrected chi connectivity index (χ2v) is 12.1. The van der Waals surface area contributed by atoms with E-state index in [0.717, 1.165) is 53.7 Å².